The molecule has 5 heteroatoms. The second-order valence-corrected chi connectivity index (χ2v) is 8.63. The third-order valence-electron chi connectivity index (χ3n) is 6.24. The number of rotatable bonds is 8. The van der Waals surface area contributed by atoms with Crippen LogP contribution in [0.25, 0.3) is 28.5 Å². The van der Waals surface area contributed by atoms with Gasteiger partial charge < -0.3 is 20.5 Å². The fourth-order valence-electron chi connectivity index (χ4n) is 4.33. The van der Waals surface area contributed by atoms with Gasteiger partial charge >= 0.3 is 0 Å². The number of aromatic nitrogens is 1. The first-order valence-corrected chi connectivity index (χ1v) is 11.8. The van der Waals surface area contributed by atoms with E-state index in [1.807, 2.05) is 36.4 Å². The maximum atomic E-state index is 11.6. The lowest BCUT2D eigenvalue weighted by atomic mass is 9.93. The molecule has 0 saturated carbocycles. The van der Waals surface area contributed by atoms with Gasteiger partial charge in [0.1, 0.15) is 18.1 Å². The van der Waals surface area contributed by atoms with E-state index in [1.165, 1.54) is 11.1 Å². The number of carbonyl (C=O) groups is 1. The van der Waals surface area contributed by atoms with Crippen LogP contribution in [0.3, 0.4) is 0 Å². The number of phenols is 1. The Bertz CT molecular complexity index is 1330. The Hall–Kier alpha value is -4.22. The molecule has 5 rings (SSSR count). The Morgan fingerprint density at radius 1 is 0.914 bits per heavy atom. The second kappa shape index (κ2) is 10.4. The highest BCUT2D eigenvalue weighted by Gasteiger charge is 2.21. The number of carbonyl (C=O) groups excluding carboxylic acids is 1. The number of fused-ring (bicyclic) bond motifs is 1. The van der Waals surface area contributed by atoms with Crippen LogP contribution in [0.1, 0.15) is 28.4 Å². The van der Waals surface area contributed by atoms with E-state index in [0.717, 1.165) is 59.4 Å². The molecular formula is C30H27N3O2. The fraction of sp³-hybridized carbons (Fsp3) is 0.133. The average Bonchev–Trinajstić information content (AvgIpc) is 2.92. The summed E-state index contributed by atoms with van der Waals surface area (Å²) in [6.45, 7) is 1.63. The predicted octanol–water partition coefficient (Wildman–Crippen LogP) is 5.27. The van der Waals surface area contributed by atoms with Gasteiger partial charge in [0.25, 0.3) is 0 Å². The molecule has 0 saturated heterocycles. The Kier molecular flexibility index (Phi) is 6.68. The highest BCUT2D eigenvalue weighted by molar-refractivity contribution is 5.84. The van der Waals surface area contributed by atoms with Crippen LogP contribution < -0.4 is 10.6 Å². The number of pyridine rings is 1. The molecule has 0 aliphatic carbocycles. The molecule has 0 fully saturated rings. The lowest BCUT2D eigenvalue weighted by Crippen LogP contribution is -2.21. The van der Waals surface area contributed by atoms with Crippen LogP contribution in [0.4, 0.5) is 0 Å². The van der Waals surface area contributed by atoms with Crippen molar-refractivity contribution in [1.29, 1.82) is 0 Å². The van der Waals surface area contributed by atoms with E-state index in [2.05, 4.69) is 53.1 Å². The summed E-state index contributed by atoms with van der Waals surface area (Å²) in [5.41, 5.74) is 8.11. The summed E-state index contributed by atoms with van der Waals surface area (Å²) in [6, 6.07) is 27.7. The van der Waals surface area contributed by atoms with Crippen molar-refractivity contribution in [1.82, 2.24) is 15.6 Å². The van der Waals surface area contributed by atoms with Crippen molar-refractivity contribution in [3.8, 4) is 28.1 Å². The fourth-order valence-corrected chi connectivity index (χ4v) is 4.33. The van der Waals surface area contributed by atoms with Crippen molar-refractivity contribution in [3.63, 3.8) is 0 Å². The van der Waals surface area contributed by atoms with Gasteiger partial charge in [0.05, 0.1) is 11.4 Å². The number of hydrogen-bond donors (Lipinski definition) is 3. The molecule has 1 atom stereocenters. The van der Waals surface area contributed by atoms with Gasteiger partial charge in [0.2, 0.25) is 0 Å². The van der Waals surface area contributed by atoms with Crippen molar-refractivity contribution in [2.45, 2.75) is 19.0 Å². The molecule has 35 heavy (non-hydrogen) atoms. The highest BCUT2D eigenvalue weighted by Crippen LogP contribution is 2.35. The molecule has 3 N–H and O–H groups in total. The molecule has 0 spiro atoms. The quantitative estimate of drug-likeness (QED) is 0.246. The number of nitrogens with one attached hydrogen (secondary N) is 2. The maximum absolute atomic E-state index is 11.6. The van der Waals surface area contributed by atoms with Crippen LogP contribution >= 0.6 is 0 Å². The summed E-state index contributed by atoms with van der Waals surface area (Å²) in [4.78, 5) is 16.6. The summed E-state index contributed by atoms with van der Waals surface area (Å²) in [5, 5.41) is 16.0. The predicted molar refractivity (Wildman–Crippen MR) is 140 cm³/mol. The minimum absolute atomic E-state index is 0.293. The summed E-state index contributed by atoms with van der Waals surface area (Å²) < 4.78 is 0. The SMILES string of the molecule is O=CC1NC=Cc2nc(-c3ccc(CNCCc4ccc(O)cc4)cc3)c(-c3ccccc3)cc21. The minimum Gasteiger partial charge on any atom is -0.508 e. The van der Waals surface area contributed by atoms with E-state index in [9.17, 15) is 9.90 Å². The normalized spacial score (nSPS) is 14.2. The molecule has 3 aromatic carbocycles. The Balaban J connectivity index is 1.36. The molecule has 1 unspecified atom stereocenters. The largest absolute Gasteiger partial charge is 0.508 e. The van der Waals surface area contributed by atoms with E-state index in [4.69, 9.17) is 4.98 Å². The van der Waals surface area contributed by atoms with E-state index < -0.39 is 6.04 Å². The van der Waals surface area contributed by atoms with Gasteiger partial charge in [0, 0.05) is 23.2 Å². The van der Waals surface area contributed by atoms with Crippen LogP contribution in [-0.2, 0) is 17.8 Å². The van der Waals surface area contributed by atoms with Gasteiger partial charge in [-0.2, -0.15) is 0 Å². The van der Waals surface area contributed by atoms with E-state index in [-0.39, 0.29) is 0 Å². The van der Waals surface area contributed by atoms with E-state index in [0.29, 0.717) is 5.75 Å². The zero-order valence-electron chi connectivity index (χ0n) is 19.3. The number of nitrogens with zero attached hydrogens (tertiary/aromatic N) is 1. The first-order chi connectivity index (χ1) is 17.2. The first-order valence-electron chi connectivity index (χ1n) is 11.8. The van der Waals surface area contributed by atoms with Crippen molar-refractivity contribution >= 4 is 12.4 Å². The molecule has 0 amide bonds. The average molecular weight is 462 g/mol. The third kappa shape index (κ3) is 5.15. The monoisotopic (exact) mass is 461 g/mol. The Morgan fingerprint density at radius 3 is 2.40 bits per heavy atom. The smallest absolute Gasteiger partial charge is 0.146 e. The molecule has 1 aliphatic rings. The molecule has 0 bridgehead atoms. The summed E-state index contributed by atoms with van der Waals surface area (Å²) >= 11 is 0. The molecular weight excluding hydrogens is 434 g/mol. The third-order valence-corrected chi connectivity index (χ3v) is 6.24. The Labute approximate surface area is 205 Å². The number of benzene rings is 3. The van der Waals surface area contributed by atoms with Crippen molar-refractivity contribution in [3.05, 3.63) is 114 Å². The summed E-state index contributed by atoms with van der Waals surface area (Å²) in [5.74, 6) is 0.293. The first kappa shape index (κ1) is 22.6. The van der Waals surface area contributed by atoms with Gasteiger partial charge in [-0.3, -0.25) is 0 Å². The zero-order valence-corrected chi connectivity index (χ0v) is 19.3. The second-order valence-electron chi connectivity index (χ2n) is 8.63. The standard InChI is InChI=1S/C30H27N3O2/c34-20-29-27-18-26(23-4-2-1-3-5-23)30(33-28(27)15-17-32-29)24-10-6-22(7-11-24)19-31-16-14-21-8-12-25(35)13-9-21/h1-13,15,17-18,20,29,31-32,35H,14,16,19H2. The topological polar surface area (TPSA) is 74.2 Å². The van der Waals surface area contributed by atoms with Crippen LogP contribution in [0, 0.1) is 0 Å². The number of phenolic OH excluding ortho intramolecular Hbond substituents is 1. The highest BCUT2D eigenvalue weighted by atomic mass is 16.3. The van der Waals surface area contributed by atoms with Crippen molar-refractivity contribution in [2.24, 2.45) is 0 Å². The van der Waals surface area contributed by atoms with Gasteiger partial charge in [0.15, 0.2) is 0 Å². The van der Waals surface area contributed by atoms with Gasteiger partial charge in [-0.05, 0) is 60.1 Å². The summed E-state index contributed by atoms with van der Waals surface area (Å²) in [7, 11) is 0. The number of hydrogen-bond acceptors (Lipinski definition) is 5. The molecule has 2 heterocycles. The minimum atomic E-state index is -0.394. The molecule has 174 valence electrons. The summed E-state index contributed by atoms with van der Waals surface area (Å²) in [6.07, 6.45) is 5.53. The van der Waals surface area contributed by atoms with Gasteiger partial charge in [-0.15, -0.1) is 0 Å². The maximum Gasteiger partial charge on any atom is 0.146 e. The lowest BCUT2D eigenvalue weighted by molar-refractivity contribution is -0.109. The van der Waals surface area contributed by atoms with Crippen molar-refractivity contribution in [2.75, 3.05) is 6.54 Å². The molecule has 5 nitrogen and oxygen atoms in total. The van der Waals surface area contributed by atoms with Crippen molar-refractivity contribution < 1.29 is 9.90 Å². The molecule has 1 aromatic heterocycles. The van der Waals surface area contributed by atoms with E-state index >= 15 is 0 Å². The van der Waals surface area contributed by atoms with Crippen LogP contribution in [0.15, 0.2) is 91.1 Å². The number of aromatic hydroxyl groups is 1. The molecule has 1 aliphatic heterocycles. The van der Waals surface area contributed by atoms with E-state index in [1.54, 1.807) is 18.3 Å². The Morgan fingerprint density at radius 2 is 1.66 bits per heavy atom. The van der Waals surface area contributed by atoms with Crippen LogP contribution in [-0.4, -0.2) is 22.9 Å². The van der Waals surface area contributed by atoms with Gasteiger partial charge in [-0.25, -0.2) is 4.98 Å². The van der Waals surface area contributed by atoms with Crippen LogP contribution in [0.2, 0.25) is 0 Å². The lowest BCUT2D eigenvalue weighted by Gasteiger charge is -2.21. The zero-order chi connectivity index (χ0) is 24.0. The molecule has 4 aromatic rings. The molecule has 0 radical (unpaired) electrons. The van der Waals surface area contributed by atoms with Gasteiger partial charge in [-0.1, -0.05) is 66.7 Å². The van der Waals surface area contributed by atoms with Crippen LogP contribution in [0.5, 0.6) is 5.75 Å². The number of aldehydes is 1.